The third-order valence-corrected chi connectivity index (χ3v) is 3.61. The van der Waals surface area contributed by atoms with Crippen molar-refractivity contribution in [2.45, 2.75) is 53.1 Å². The van der Waals surface area contributed by atoms with E-state index in [1.807, 2.05) is 25.1 Å². The summed E-state index contributed by atoms with van der Waals surface area (Å²) >= 11 is 0. The first-order valence-electron chi connectivity index (χ1n) is 9.17. The monoisotopic (exact) mass is 359 g/mol. The van der Waals surface area contributed by atoms with Gasteiger partial charge in [0, 0.05) is 24.9 Å². The van der Waals surface area contributed by atoms with Crippen molar-refractivity contribution in [3.63, 3.8) is 0 Å². The van der Waals surface area contributed by atoms with E-state index in [9.17, 15) is 0 Å². The van der Waals surface area contributed by atoms with E-state index >= 15 is 0 Å². The van der Waals surface area contributed by atoms with Gasteiger partial charge in [-0.1, -0.05) is 32.0 Å². The molecule has 0 aromatic carbocycles. The fourth-order valence-corrected chi connectivity index (χ4v) is 2.16. The molecule has 2 aromatic rings. The molecule has 0 amide bonds. The van der Waals surface area contributed by atoms with Crippen molar-refractivity contribution in [2.75, 3.05) is 13.2 Å². The Kier molecular flexibility index (Phi) is 7.92. The number of ether oxygens (including phenoxy) is 1. The Morgan fingerprint density at radius 2 is 2.12 bits per heavy atom. The summed E-state index contributed by atoms with van der Waals surface area (Å²) in [4.78, 5) is 8.88. The van der Waals surface area contributed by atoms with Crippen LogP contribution in [0, 0.1) is 0 Å². The number of rotatable bonds is 9. The van der Waals surface area contributed by atoms with E-state index in [1.54, 1.807) is 6.20 Å². The number of nitrogens with zero attached hydrogens (tertiary/aromatic N) is 3. The number of hydrogen-bond donors (Lipinski definition) is 2. The molecule has 0 spiro atoms. The number of pyridine rings is 1. The van der Waals surface area contributed by atoms with E-state index in [-0.39, 0.29) is 0 Å². The van der Waals surface area contributed by atoms with E-state index < -0.39 is 0 Å². The molecule has 0 radical (unpaired) electrons. The fraction of sp³-hybridized carbons (Fsp3) is 0.526. The zero-order chi connectivity index (χ0) is 18.8. The van der Waals surface area contributed by atoms with Gasteiger partial charge in [-0.2, -0.15) is 0 Å². The van der Waals surface area contributed by atoms with Crippen LogP contribution in [0.5, 0.6) is 5.88 Å². The second kappa shape index (κ2) is 10.4. The van der Waals surface area contributed by atoms with E-state index in [0.717, 1.165) is 35.9 Å². The van der Waals surface area contributed by atoms with Gasteiger partial charge >= 0.3 is 0 Å². The minimum absolute atomic E-state index is 0.353. The van der Waals surface area contributed by atoms with Gasteiger partial charge in [-0.3, -0.25) is 0 Å². The van der Waals surface area contributed by atoms with Crippen molar-refractivity contribution in [2.24, 2.45) is 4.99 Å². The molecule has 7 heteroatoms. The Hall–Kier alpha value is -2.57. The third kappa shape index (κ3) is 6.38. The van der Waals surface area contributed by atoms with Crippen LogP contribution in [-0.4, -0.2) is 29.3 Å². The van der Waals surface area contributed by atoms with Gasteiger partial charge in [0.15, 0.2) is 11.7 Å². The molecule has 0 fully saturated rings. The van der Waals surface area contributed by atoms with Crippen molar-refractivity contribution in [3.05, 3.63) is 41.4 Å². The molecule has 26 heavy (non-hydrogen) atoms. The van der Waals surface area contributed by atoms with E-state index in [4.69, 9.17) is 9.26 Å². The molecule has 0 atom stereocenters. The molecule has 2 heterocycles. The molecule has 0 saturated heterocycles. The quantitative estimate of drug-likeness (QED) is 0.528. The minimum atomic E-state index is 0.353. The average Bonchev–Trinajstić information content (AvgIpc) is 3.12. The highest BCUT2D eigenvalue weighted by Crippen LogP contribution is 2.13. The van der Waals surface area contributed by atoms with Crippen LogP contribution in [0.15, 0.2) is 33.9 Å². The lowest BCUT2D eigenvalue weighted by molar-refractivity contribution is 0.305. The van der Waals surface area contributed by atoms with Crippen LogP contribution in [0.2, 0.25) is 0 Å². The SMILES string of the molecule is CCCOc1ccc(CN=C(NCC)NCc2cc(C(C)C)no2)cn1. The Morgan fingerprint density at radius 3 is 2.73 bits per heavy atom. The maximum atomic E-state index is 5.49. The zero-order valence-electron chi connectivity index (χ0n) is 16.1. The van der Waals surface area contributed by atoms with Gasteiger partial charge in [0.05, 0.1) is 25.4 Å². The highest BCUT2D eigenvalue weighted by atomic mass is 16.5. The number of guanidine groups is 1. The van der Waals surface area contributed by atoms with Crippen molar-refractivity contribution >= 4 is 5.96 Å². The van der Waals surface area contributed by atoms with Crippen molar-refractivity contribution in [1.82, 2.24) is 20.8 Å². The summed E-state index contributed by atoms with van der Waals surface area (Å²) in [7, 11) is 0. The maximum Gasteiger partial charge on any atom is 0.213 e. The standard InChI is InChI=1S/C19H29N5O2/c1-5-9-25-18-8-7-15(11-21-18)12-22-19(20-6-2)23-13-16-10-17(14(3)4)24-26-16/h7-8,10-11,14H,5-6,9,12-13H2,1-4H3,(H2,20,22,23). The molecule has 2 aromatic heterocycles. The van der Waals surface area contributed by atoms with E-state index in [2.05, 4.69) is 46.5 Å². The lowest BCUT2D eigenvalue weighted by Crippen LogP contribution is -2.36. The average molecular weight is 359 g/mol. The van der Waals surface area contributed by atoms with Gasteiger partial charge in [-0.15, -0.1) is 0 Å². The Morgan fingerprint density at radius 1 is 1.27 bits per heavy atom. The summed E-state index contributed by atoms with van der Waals surface area (Å²) < 4.78 is 10.8. The van der Waals surface area contributed by atoms with Crippen LogP contribution < -0.4 is 15.4 Å². The minimum Gasteiger partial charge on any atom is -0.478 e. The molecular formula is C19H29N5O2. The van der Waals surface area contributed by atoms with Gasteiger partial charge in [-0.05, 0) is 24.8 Å². The number of hydrogen-bond acceptors (Lipinski definition) is 5. The summed E-state index contributed by atoms with van der Waals surface area (Å²) in [6.07, 6.45) is 2.76. The first-order valence-corrected chi connectivity index (χ1v) is 9.17. The topological polar surface area (TPSA) is 84.6 Å². The molecule has 0 aliphatic carbocycles. The van der Waals surface area contributed by atoms with Gasteiger partial charge in [-0.25, -0.2) is 9.98 Å². The highest BCUT2D eigenvalue weighted by Gasteiger charge is 2.08. The molecular weight excluding hydrogens is 330 g/mol. The zero-order valence-corrected chi connectivity index (χ0v) is 16.1. The van der Waals surface area contributed by atoms with Crippen LogP contribution >= 0.6 is 0 Å². The first kappa shape index (κ1) is 19.8. The van der Waals surface area contributed by atoms with E-state index in [1.165, 1.54) is 0 Å². The Balaban J connectivity index is 1.90. The van der Waals surface area contributed by atoms with Crippen molar-refractivity contribution in [1.29, 1.82) is 0 Å². The number of aliphatic imine (C=N–C) groups is 1. The molecule has 0 saturated carbocycles. The summed E-state index contributed by atoms with van der Waals surface area (Å²) in [6, 6.07) is 5.83. The molecule has 0 aliphatic heterocycles. The smallest absolute Gasteiger partial charge is 0.213 e. The van der Waals surface area contributed by atoms with Gasteiger partial charge in [0.1, 0.15) is 0 Å². The predicted molar refractivity (Wildman–Crippen MR) is 102 cm³/mol. The summed E-state index contributed by atoms with van der Waals surface area (Å²) in [5.41, 5.74) is 1.98. The number of nitrogens with one attached hydrogen (secondary N) is 2. The predicted octanol–water partition coefficient (Wildman–Crippen LogP) is 3.24. The molecule has 142 valence electrons. The van der Waals surface area contributed by atoms with Crippen LogP contribution in [0.1, 0.15) is 57.1 Å². The van der Waals surface area contributed by atoms with Crippen molar-refractivity contribution in [3.8, 4) is 5.88 Å². The number of aromatic nitrogens is 2. The second-order valence-corrected chi connectivity index (χ2v) is 6.27. The molecule has 0 unspecified atom stereocenters. The molecule has 2 rings (SSSR count). The van der Waals surface area contributed by atoms with Gasteiger partial charge < -0.3 is 19.9 Å². The third-order valence-electron chi connectivity index (χ3n) is 3.61. The second-order valence-electron chi connectivity index (χ2n) is 6.27. The summed E-state index contributed by atoms with van der Waals surface area (Å²) in [6.45, 7) is 10.8. The Labute approximate surface area is 155 Å². The summed E-state index contributed by atoms with van der Waals surface area (Å²) in [5, 5.41) is 10.5. The van der Waals surface area contributed by atoms with Crippen LogP contribution in [0.4, 0.5) is 0 Å². The van der Waals surface area contributed by atoms with E-state index in [0.29, 0.717) is 31.5 Å². The van der Waals surface area contributed by atoms with Crippen LogP contribution in [0.3, 0.4) is 0 Å². The van der Waals surface area contributed by atoms with Gasteiger partial charge in [0.2, 0.25) is 5.88 Å². The van der Waals surface area contributed by atoms with Crippen molar-refractivity contribution < 1.29 is 9.26 Å². The maximum absolute atomic E-state index is 5.49. The lowest BCUT2D eigenvalue weighted by Gasteiger charge is -2.10. The van der Waals surface area contributed by atoms with Gasteiger partial charge in [0.25, 0.3) is 0 Å². The normalized spacial score (nSPS) is 11.7. The first-order chi connectivity index (χ1) is 12.6. The molecule has 0 aliphatic rings. The van der Waals surface area contributed by atoms with Crippen LogP contribution in [0.25, 0.3) is 0 Å². The Bertz CT molecular complexity index is 679. The molecule has 7 nitrogen and oxygen atoms in total. The largest absolute Gasteiger partial charge is 0.478 e. The highest BCUT2D eigenvalue weighted by molar-refractivity contribution is 5.79. The fourth-order valence-electron chi connectivity index (χ4n) is 2.16. The summed E-state index contributed by atoms with van der Waals surface area (Å²) in [5.74, 6) is 2.52. The lowest BCUT2D eigenvalue weighted by atomic mass is 10.1. The molecule has 0 bridgehead atoms. The van der Waals surface area contributed by atoms with Crippen LogP contribution in [-0.2, 0) is 13.1 Å². The molecule has 2 N–H and O–H groups in total.